The number of rotatable bonds is 8. The highest BCUT2D eigenvalue weighted by atomic mass is 16.5. The number of hydrogen-bond acceptors (Lipinski definition) is 6. The summed E-state index contributed by atoms with van der Waals surface area (Å²) >= 11 is 0. The monoisotopic (exact) mass is 408 g/mol. The fourth-order valence-electron chi connectivity index (χ4n) is 2.90. The average Bonchev–Trinajstić information content (AvgIpc) is 2.73. The van der Waals surface area contributed by atoms with Crippen molar-refractivity contribution in [3.8, 4) is 11.5 Å². The van der Waals surface area contributed by atoms with E-state index in [0.717, 1.165) is 36.6 Å². The van der Waals surface area contributed by atoms with E-state index in [4.69, 9.17) is 29.3 Å². The number of carboxylic acid groups (broad SMARTS) is 2. The van der Waals surface area contributed by atoms with E-state index in [1.807, 2.05) is 25.1 Å². The Morgan fingerprint density at radius 2 is 1.69 bits per heavy atom. The van der Waals surface area contributed by atoms with Crippen LogP contribution in [0.5, 0.6) is 11.5 Å². The molecule has 29 heavy (non-hydrogen) atoms. The molecule has 2 rings (SSSR count). The molecule has 1 saturated heterocycles. The van der Waals surface area contributed by atoms with E-state index in [1.165, 1.54) is 32.7 Å². The zero-order valence-corrected chi connectivity index (χ0v) is 17.5. The Morgan fingerprint density at radius 1 is 1.07 bits per heavy atom. The molecular formula is C21H32N2O6. The third kappa shape index (κ3) is 9.45. The van der Waals surface area contributed by atoms with Gasteiger partial charge < -0.3 is 29.5 Å². The predicted octanol–water partition coefficient (Wildman–Crippen LogP) is 2.29. The van der Waals surface area contributed by atoms with Crippen LogP contribution in [0.1, 0.15) is 25.8 Å². The lowest BCUT2D eigenvalue weighted by Gasteiger charge is -2.33. The van der Waals surface area contributed by atoms with Crippen molar-refractivity contribution in [2.45, 2.75) is 20.3 Å². The number of ether oxygens (including phenoxy) is 2. The van der Waals surface area contributed by atoms with Crippen LogP contribution in [-0.4, -0.2) is 84.9 Å². The van der Waals surface area contributed by atoms with Crippen LogP contribution < -0.4 is 9.47 Å². The van der Waals surface area contributed by atoms with E-state index in [1.54, 1.807) is 7.11 Å². The summed E-state index contributed by atoms with van der Waals surface area (Å²) in [5, 5.41) is 14.8. The molecule has 0 amide bonds. The van der Waals surface area contributed by atoms with Crippen molar-refractivity contribution in [1.29, 1.82) is 0 Å². The lowest BCUT2D eigenvalue weighted by atomic mass is 10.2. The summed E-state index contributed by atoms with van der Waals surface area (Å²) in [6, 6.07) is 6.06. The number of likely N-dealkylation sites (N-methyl/N-ethyl adjacent to an activating group) is 1. The Balaban J connectivity index is 0.000000612. The Kier molecular flexibility index (Phi) is 11.4. The number of aliphatic carboxylic acids is 2. The van der Waals surface area contributed by atoms with E-state index in [-0.39, 0.29) is 0 Å². The van der Waals surface area contributed by atoms with Crippen LogP contribution in [0.3, 0.4) is 0 Å². The molecule has 0 bridgehead atoms. The fraction of sp³-hybridized carbons (Fsp3) is 0.524. The van der Waals surface area contributed by atoms with Crippen LogP contribution in [0.15, 0.2) is 24.3 Å². The van der Waals surface area contributed by atoms with Crippen molar-refractivity contribution in [2.75, 3.05) is 53.0 Å². The number of carboxylic acids is 2. The van der Waals surface area contributed by atoms with Crippen molar-refractivity contribution in [3.63, 3.8) is 0 Å². The van der Waals surface area contributed by atoms with Crippen LogP contribution in [0.2, 0.25) is 0 Å². The zero-order valence-electron chi connectivity index (χ0n) is 17.5. The molecule has 0 radical (unpaired) electrons. The summed E-state index contributed by atoms with van der Waals surface area (Å²) in [6.45, 7) is 12.0. The van der Waals surface area contributed by atoms with E-state index in [2.05, 4.69) is 28.9 Å². The van der Waals surface area contributed by atoms with Gasteiger partial charge in [0, 0.05) is 32.7 Å². The largest absolute Gasteiger partial charge is 0.493 e. The van der Waals surface area contributed by atoms with Gasteiger partial charge in [0.25, 0.3) is 0 Å². The standard InChI is InChI=1S/C19H30N2O2.C2H2O4/c1-4-7-17-8-9-18(19(16-17)22-3)23-15-6-10-21-13-11-20(5-2)12-14-21;3-1(4)2(5)6/h4,7-9,16H,5-6,10-15H2,1-3H3;(H,3,4)(H,5,6)/b7-4+;. The quantitative estimate of drug-likeness (QED) is 0.499. The maximum Gasteiger partial charge on any atom is 0.414 e. The van der Waals surface area contributed by atoms with Gasteiger partial charge in [-0.3, -0.25) is 0 Å². The lowest BCUT2D eigenvalue weighted by molar-refractivity contribution is -0.159. The first kappa shape index (κ1) is 24.5. The topological polar surface area (TPSA) is 99.5 Å². The first-order chi connectivity index (χ1) is 13.9. The summed E-state index contributed by atoms with van der Waals surface area (Å²) in [6.07, 6.45) is 5.13. The van der Waals surface area contributed by atoms with Gasteiger partial charge in [-0.05, 0) is 37.6 Å². The highest BCUT2D eigenvalue weighted by Gasteiger charge is 2.14. The molecule has 0 unspecified atom stereocenters. The fourth-order valence-corrected chi connectivity index (χ4v) is 2.90. The maximum absolute atomic E-state index is 9.10. The van der Waals surface area contributed by atoms with Crippen molar-refractivity contribution >= 4 is 18.0 Å². The van der Waals surface area contributed by atoms with Gasteiger partial charge in [0.15, 0.2) is 11.5 Å². The molecule has 1 aromatic carbocycles. The average molecular weight is 408 g/mol. The molecule has 1 aliphatic heterocycles. The summed E-state index contributed by atoms with van der Waals surface area (Å²) in [4.78, 5) is 23.2. The van der Waals surface area contributed by atoms with Crippen LogP contribution >= 0.6 is 0 Å². The third-order valence-electron chi connectivity index (χ3n) is 4.52. The number of piperazine rings is 1. The van der Waals surface area contributed by atoms with E-state index in [0.29, 0.717) is 0 Å². The van der Waals surface area contributed by atoms with Crippen LogP contribution in [-0.2, 0) is 9.59 Å². The number of hydrogen-bond donors (Lipinski definition) is 2. The summed E-state index contributed by atoms with van der Waals surface area (Å²) < 4.78 is 11.3. The second kappa shape index (κ2) is 13.6. The van der Waals surface area contributed by atoms with Crippen molar-refractivity contribution < 1.29 is 29.3 Å². The molecule has 8 nitrogen and oxygen atoms in total. The smallest absolute Gasteiger partial charge is 0.414 e. The highest BCUT2D eigenvalue weighted by molar-refractivity contribution is 6.27. The van der Waals surface area contributed by atoms with E-state index < -0.39 is 11.9 Å². The van der Waals surface area contributed by atoms with Gasteiger partial charge in [0.1, 0.15) is 0 Å². The SMILES string of the molecule is C/C=C/c1ccc(OCCCN2CCN(CC)CC2)c(OC)c1.O=C(O)C(=O)O. The Hall–Kier alpha value is -2.58. The van der Waals surface area contributed by atoms with Crippen LogP contribution in [0.25, 0.3) is 6.08 Å². The van der Waals surface area contributed by atoms with Crippen molar-refractivity contribution in [2.24, 2.45) is 0 Å². The summed E-state index contributed by atoms with van der Waals surface area (Å²) in [5.74, 6) is -2.02. The molecule has 0 spiro atoms. The van der Waals surface area contributed by atoms with Gasteiger partial charge in [-0.25, -0.2) is 9.59 Å². The number of methoxy groups -OCH3 is 1. The minimum atomic E-state index is -1.82. The molecule has 0 saturated carbocycles. The van der Waals surface area contributed by atoms with E-state index >= 15 is 0 Å². The molecule has 1 aromatic rings. The first-order valence-corrected chi connectivity index (χ1v) is 9.75. The Labute approximate surface area is 172 Å². The molecule has 0 atom stereocenters. The molecule has 1 fully saturated rings. The van der Waals surface area contributed by atoms with Gasteiger partial charge in [-0.15, -0.1) is 0 Å². The van der Waals surface area contributed by atoms with E-state index in [9.17, 15) is 0 Å². The Bertz CT molecular complexity index is 657. The number of allylic oxidation sites excluding steroid dienone is 1. The number of nitrogens with zero attached hydrogens (tertiary/aromatic N) is 2. The molecule has 162 valence electrons. The van der Waals surface area contributed by atoms with Crippen LogP contribution in [0.4, 0.5) is 0 Å². The zero-order chi connectivity index (χ0) is 21.6. The minimum Gasteiger partial charge on any atom is -0.493 e. The normalized spacial score (nSPS) is 14.9. The van der Waals surface area contributed by atoms with Crippen molar-refractivity contribution in [3.05, 3.63) is 29.8 Å². The highest BCUT2D eigenvalue weighted by Crippen LogP contribution is 2.28. The first-order valence-electron chi connectivity index (χ1n) is 9.75. The molecule has 1 aliphatic rings. The number of carbonyl (C=O) groups is 2. The lowest BCUT2D eigenvalue weighted by Crippen LogP contribution is -2.46. The molecule has 8 heteroatoms. The van der Waals surface area contributed by atoms with Gasteiger partial charge in [-0.2, -0.15) is 0 Å². The van der Waals surface area contributed by atoms with Gasteiger partial charge in [0.05, 0.1) is 13.7 Å². The van der Waals surface area contributed by atoms with Gasteiger partial charge >= 0.3 is 11.9 Å². The number of benzene rings is 1. The van der Waals surface area contributed by atoms with Gasteiger partial charge in [-0.1, -0.05) is 25.1 Å². The summed E-state index contributed by atoms with van der Waals surface area (Å²) in [5.41, 5.74) is 1.13. The molecule has 1 heterocycles. The van der Waals surface area contributed by atoms with Crippen molar-refractivity contribution in [1.82, 2.24) is 9.80 Å². The maximum atomic E-state index is 9.10. The molecule has 2 N–H and O–H groups in total. The second-order valence-corrected chi connectivity index (χ2v) is 6.50. The van der Waals surface area contributed by atoms with Crippen LogP contribution in [0, 0.1) is 0 Å². The molecule has 0 aliphatic carbocycles. The second-order valence-electron chi connectivity index (χ2n) is 6.50. The third-order valence-corrected chi connectivity index (χ3v) is 4.52. The summed E-state index contributed by atoms with van der Waals surface area (Å²) in [7, 11) is 1.69. The molecule has 0 aromatic heterocycles. The Morgan fingerprint density at radius 3 is 2.21 bits per heavy atom. The minimum absolute atomic E-state index is 0.729. The molecular weight excluding hydrogens is 376 g/mol. The van der Waals surface area contributed by atoms with Gasteiger partial charge in [0.2, 0.25) is 0 Å². The predicted molar refractivity (Wildman–Crippen MR) is 112 cm³/mol.